The monoisotopic (exact) mass is 383 g/mol. The second-order valence-corrected chi connectivity index (χ2v) is 6.67. The number of alkyl halides is 3. The molecule has 0 aliphatic carbocycles. The summed E-state index contributed by atoms with van der Waals surface area (Å²) in [6, 6.07) is 0.764. The number of hydrogen-bond acceptors (Lipinski definition) is 7. The van der Waals surface area contributed by atoms with E-state index in [9.17, 15) is 18.0 Å². The highest BCUT2D eigenvalue weighted by molar-refractivity contribution is 5.87. The van der Waals surface area contributed by atoms with Crippen molar-refractivity contribution in [3.05, 3.63) is 11.9 Å². The number of nitriles is 1. The number of anilines is 2. The Morgan fingerprint density at radius 3 is 2.44 bits per heavy atom. The van der Waals surface area contributed by atoms with Crippen LogP contribution in [0.4, 0.5) is 24.8 Å². The molecular formula is C16H20F3N7O. The zero-order valence-electron chi connectivity index (χ0n) is 14.5. The molecule has 3 N–H and O–H groups in total. The minimum atomic E-state index is -4.70. The van der Waals surface area contributed by atoms with Gasteiger partial charge in [-0.3, -0.25) is 10.1 Å². The van der Waals surface area contributed by atoms with E-state index in [0.29, 0.717) is 38.5 Å². The molecule has 2 aliphatic rings. The number of piperidine rings is 1. The first kappa shape index (κ1) is 19.2. The van der Waals surface area contributed by atoms with Crippen molar-refractivity contribution in [1.29, 1.82) is 5.26 Å². The molecule has 2 saturated heterocycles. The molecule has 0 radical (unpaired) electrons. The molecule has 146 valence electrons. The molecule has 0 aromatic carbocycles. The molecule has 8 nitrogen and oxygen atoms in total. The Labute approximate surface area is 154 Å². The van der Waals surface area contributed by atoms with Crippen molar-refractivity contribution in [3.63, 3.8) is 0 Å². The van der Waals surface area contributed by atoms with E-state index in [-0.39, 0.29) is 11.6 Å². The molecule has 2 fully saturated rings. The fourth-order valence-electron chi connectivity index (χ4n) is 3.33. The van der Waals surface area contributed by atoms with Crippen molar-refractivity contribution in [2.24, 2.45) is 11.7 Å². The minimum absolute atomic E-state index is 0.0395. The van der Waals surface area contributed by atoms with Gasteiger partial charge in [0.1, 0.15) is 17.7 Å². The molecule has 1 atom stereocenters. The molecule has 11 heteroatoms. The van der Waals surface area contributed by atoms with Crippen LogP contribution < -0.4 is 20.9 Å². The van der Waals surface area contributed by atoms with Crippen LogP contribution in [0.15, 0.2) is 6.07 Å². The van der Waals surface area contributed by atoms with Gasteiger partial charge in [-0.05, 0) is 31.7 Å². The summed E-state index contributed by atoms with van der Waals surface area (Å²) in [6.07, 6.45) is -1.15. The lowest BCUT2D eigenvalue weighted by atomic mass is 9.97. The van der Waals surface area contributed by atoms with Gasteiger partial charge < -0.3 is 15.5 Å². The van der Waals surface area contributed by atoms with Gasteiger partial charge in [-0.15, -0.1) is 0 Å². The topological polar surface area (TPSA) is 111 Å². The molecule has 1 aromatic heterocycles. The average Bonchev–Trinajstić information content (AvgIpc) is 2.60. The van der Waals surface area contributed by atoms with Crippen LogP contribution in [0.3, 0.4) is 0 Å². The molecule has 0 spiro atoms. The van der Waals surface area contributed by atoms with E-state index in [2.05, 4.69) is 9.97 Å². The number of hydrogen-bond donors (Lipinski definition) is 2. The third-order valence-electron chi connectivity index (χ3n) is 5.02. The van der Waals surface area contributed by atoms with E-state index in [1.165, 1.54) is 17.2 Å². The molecule has 0 unspecified atom stereocenters. The Bertz CT molecular complexity index is 741. The number of carbonyl (C=O) groups is 1. The number of nitrogens with one attached hydrogen (secondary N) is 1. The number of amides is 1. The second kappa shape index (κ2) is 7.56. The fraction of sp³-hybridized carbons (Fsp3) is 0.625. The highest BCUT2D eigenvalue weighted by Gasteiger charge is 2.40. The van der Waals surface area contributed by atoms with Gasteiger partial charge in [0.15, 0.2) is 6.19 Å². The zero-order chi connectivity index (χ0) is 19.6. The molecule has 2 aliphatic heterocycles. The van der Waals surface area contributed by atoms with Gasteiger partial charge in [0.25, 0.3) is 5.91 Å². The van der Waals surface area contributed by atoms with Crippen molar-refractivity contribution in [1.82, 2.24) is 15.3 Å². The van der Waals surface area contributed by atoms with Crippen LogP contribution in [0.5, 0.6) is 0 Å². The van der Waals surface area contributed by atoms with Crippen LogP contribution in [0.2, 0.25) is 0 Å². The predicted molar refractivity (Wildman–Crippen MR) is 90.5 cm³/mol. The molecule has 1 amide bonds. The summed E-state index contributed by atoms with van der Waals surface area (Å²) in [5.41, 5.74) is 5.67. The maximum Gasteiger partial charge on any atom is 0.451 e. The highest BCUT2D eigenvalue weighted by atomic mass is 19.4. The van der Waals surface area contributed by atoms with Crippen LogP contribution in [0, 0.1) is 17.4 Å². The standard InChI is InChI=1S/C16H20F3N7O/c17-16(18,19)15-23-12(25-4-1-10(8-20)2-5-25)7-13(24-15)26-6-3-11(26)14(27)22-9-21/h7,10-11H,1-6,8,20H2,(H,22,27)/t11-/m0/s1. The van der Waals surface area contributed by atoms with Gasteiger partial charge >= 0.3 is 6.18 Å². The van der Waals surface area contributed by atoms with Gasteiger partial charge in [-0.1, -0.05) is 0 Å². The first-order valence-corrected chi connectivity index (χ1v) is 8.70. The maximum absolute atomic E-state index is 13.3. The van der Waals surface area contributed by atoms with E-state index in [0.717, 1.165) is 12.8 Å². The fourth-order valence-corrected chi connectivity index (χ4v) is 3.33. The van der Waals surface area contributed by atoms with Crippen LogP contribution in [-0.4, -0.2) is 48.1 Å². The normalized spacial score (nSPS) is 20.8. The lowest BCUT2D eigenvalue weighted by Gasteiger charge is -2.40. The minimum Gasteiger partial charge on any atom is -0.356 e. The van der Waals surface area contributed by atoms with Gasteiger partial charge in [0.05, 0.1) is 0 Å². The van der Waals surface area contributed by atoms with E-state index in [1.54, 1.807) is 4.90 Å². The highest BCUT2D eigenvalue weighted by Crippen LogP contribution is 2.34. The summed E-state index contributed by atoms with van der Waals surface area (Å²) in [4.78, 5) is 22.5. The van der Waals surface area contributed by atoms with E-state index >= 15 is 0 Å². The van der Waals surface area contributed by atoms with E-state index < -0.39 is 23.9 Å². The van der Waals surface area contributed by atoms with Gasteiger partial charge in [-0.25, -0.2) is 9.97 Å². The molecular weight excluding hydrogens is 363 g/mol. The average molecular weight is 383 g/mol. The Kier molecular flexibility index (Phi) is 5.36. The molecule has 0 bridgehead atoms. The van der Waals surface area contributed by atoms with Gasteiger partial charge in [-0.2, -0.15) is 18.4 Å². The number of halogens is 3. The summed E-state index contributed by atoms with van der Waals surface area (Å²) < 4.78 is 39.9. The number of nitrogens with two attached hydrogens (primary N) is 1. The second-order valence-electron chi connectivity index (χ2n) is 6.67. The molecule has 27 heavy (non-hydrogen) atoms. The van der Waals surface area contributed by atoms with Crippen molar-refractivity contribution in [2.75, 3.05) is 36.0 Å². The molecule has 0 saturated carbocycles. The summed E-state index contributed by atoms with van der Waals surface area (Å²) in [6.45, 7) is 2.06. The first-order chi connectivity index (χ1) is 12.8. The zero-order valence-corrected chi connectivity index (χ0v) is 14.5. The van der Waals surface area contributed by atoms with E-state index in [4.69, 9.17) is 11.0 Å². The Hall–Kier alpha value is -2.61. The van der Waals surface area contributed by atoms with Crippen molar-refractivity contribution >= 4 is 17.5 Å². The Balaban J connectivity index is 1.88. The number of nitrogens with zero attached hydrogens (tertiary/aromatic N) is 5. The quantitative estimate of drug-likeness (QED) is 0.586. The number of aromatic nitrogens is 2. The third kappa shape index (κ3) is 4.05. The Morgan fingerprint density at radius 2 is 1.93 bits per heavy atom. The molecule has 3 heterocycles. The molecule has 1 aromatic rings. The predicted octanol–water partition coefficient (Wildman–Crippen LogP) is 0.846. The lowest BCUT2D eigenvalue weighted by Crippen LogP contribution is -2.56. The first-order valence-electron chi connectivity index (χ1n) is 8.70. The van der Waals surface area contributed by atoms with Crippen molar-refractivity contribution in [2.45, 2.75) is 31.5 Å². The van der Waals surface area contributed by atoms with Crippen LogP contribution >= 0.6 is 0 Å². The van der Waals surface area contributed by atoms with Crippen molar-refractivity contribution < 1.29 is 18.0 Å². The maximum atomic E-state index is 13.3. The largest absolute Gasteiger partial charge is 0.451 e. The summed E-state index contributed by atoms with van der Waals surface area (Å²) in [5.74, 6) is -1.20. The van der Waals surface area contributed by atoms with Gasteiger partial charge in [0.2, 0.25) is 5.82 Å². The SMILES string of the molecule is N#CNC(=O)[C@@H]1CCN1c1cc(N2CCC(CN)CC2)nc(C(F)(F)F)n1. The lowest BCUT2D eigenvalue weighted by molar-refractivity contribution is -0.144. The van der Waals surface area contributed by atoms with Gasteiger partial charge in [0, 0.05) is 25.7 Å². The summed E-state index contributed by atoms with van der Waals surface area (Å²) >= 11 is 0. The smallest absolute Gasteiger partial charge is 0.356 e. The van der Waals surface area contributed by atoms with Crippen LogP contribution in [0.1, 0.15) is 25.1 Å². The molecule has 3 rings (SSSR count). The van der Waals surface area contributed by atoms with E-state index in [1.807, 2.05) is 5.32 Å². The number of rotatable bonds is 4. The summed E-state index contributed by atoms with van der Waals surface area (Å²) in [7, 11) is 0. The summed E-state index contributed by atoms with van der Waals surface area (Å²) in [5, 5.41) is 10.6. The van der Waals surface area contributed by atoms with Crippen LogP contribution in [0.25, 0.3) is 0 Å². The Morgan fingerprint density at radius 1 is 1.26 bits per heavy atom. The number of carbonyl (C=O) groups excluding carboxylic acids is 1. The van der Waals surface area contributed by atoms with Crippen molar-refractivity contribution in [3.8, 4) is 6.19 Å². The third-order valence-corrected chi connectivity index (χ3v) is 5.02. The van der Waals surface area contributed by atoms with Crippen LogP contribution in [-0.2, 0) is 11.0 Å².